The second kappa shape index (κ2) is 10.9. The minimum Gasteiger partial charge on any atom is -0.494 e. The molecule has 2 N–H and O–H groups in total. The van der Waals surface area contributed by atoms with Gasteiger partial charge in [-0.15, -0.1) is 0 Å². The van der Waals surface area contributed by atoms with Crippen molar-refractivity contribution in [2.45, 2.75) is 19.6 Å². The fraction of sp³-hybridized carbons (Fsp3) is 0.154. The molecule has 2 aromatic carbocycles. The summed E-state index contributed by atoms with van der Waals surface area (Å²) in [5, 5.41) is 7.98. The smallest absolute Gasteiger partial charge is 0.416 e. The summed E-state index contributed by atoms with van der Waals surface area (Å²) in [5.74, 6) is 0.293. The van der Waals surface area contributed by atoms with Gasteiger partial charge in [-0.2, -0.15) is 32.1 Å². The molecule has 0 amide bonds. The van der Waals surface area contributed by atoms with Crippen LogP contribution in [0, 0.1) is 0 Å². The molecule has 4 rings (SSSR count). The Morgan fingerprint density at radius 3 is 2.54 bits per heavy atom. The largest absolute Gasteiger partial charge is 0.494 e. The van der Waals surface area contributed by atoms with E-state index < -0.39 is 23.7 Å². The Morgan fingerprint density at radius 2 is 1.90 bits per heavy atom. The van der Waals surface area contributed by atoms with E-state index in [1.807, 2.05) is 0 Å². The molecule has 0 aliphatic heterocycles. The van der Waals surface area contributed by atoms with Gasteiger partial charge in [0.15, 0.2) is 5.69 Å². The Balaban J connectivity index is 1.80. The molecule has 0 aliphatic rings. The van der Waals surface area contributed by atoms with Crippen LogP contribution in [0.1, 0.15) is 24.7 Å². The van der Waals surface area contributed by atoms with Crippen LogP contribution in [-0.4, -0.2) is 32.4 Å². The van der Waals surface area contributed by atoms with Crippen molar-refractivity contribution in [1.82, 2.24) is 19.6 Å². The van der Waals surface area contributed by atoms with Crippen LogP contribution in [0.25, 0.3) is 16.8 Å². The van der Waals surface area contributed by atoms with Crippen LogP contribution in [0.15, 0.2) is 88.7 Å². The van der Waals surface area contributed by atoms with Crippen LogP contribution in [0.2, 0.25) is 0 Å². The van der Waals surface area contributed by atoms with Gasteiger partial charge < -0.3 is 10.5 Å². The molecule has 4 aromatic rings. The maximum Gasteiger partial charge on any atom is 0.416 e. The van der Waals surface area contributed by atoms with E-state index in [4.69, 9.17) is 10.5 Å². The molecule has 0 spiro atoms. The summed E-state index contributed by atoms with van der Waals surface area (Å²) in [6.45, 7) is -1.26. The summed E-state index contributed by atoms with van der Waals surface area (Å²) < 4.78 is 72.7. The van der Waals surface area contributed by atoms with E-state index >= 15 is 0 Å². The predicted octanol–water partition coefficient (Wildman–Crippen LogP) is 5.50. The van der Waals surface area contributed by atoms with E-state index in [1.54, 1.807) is 18.2 Å². The lowest BCUT2D eigenvalue weighted by molar-refractivity contribution is -0.137. The number of aromatic nitrogens is 4. The predicted molar refractivity (Wildman–Crippen MR) is 134 cm³/mol. The number of nitrogens with zero attached hydrogens (tertiary/aromatic N) is 5. The fourth-order valence-corrected chi connectivity index (χ4v) is 3.62. The standard InChI is InChI=1S/C26H21F5N6O2/c1-15(32)10-20(34-19-5-3-4-18(12-19)26(29,30)31)24-22(38)8-9-36(35-24)21-7-6-16(11-23(21)39-2)17-13-33-37(14-17)25(27)28/h3-14,25H,32H2,1-2H3. The lowest BCUT2D eigenvalue weighted by Gasteiger charge is -2.13. The van der Waals surface area contributed by atoms with Crippen molar-refractivity contribution in [3.05, 3.63) is 100 Å². The number of methoxy groups -OCH3 is 1. The number of alkyl halides is 5. The Hall–Kier alpha value is -4.81. The number of rotatable bonds is 7. The first-order valence-corrected chi connectivity index (χ1v) is 11.3. The molecule has 0 saturated carbocycles. The van der Waals surface area contributed by atoms with Gasteiger partial charge in [-0.3, -0.25) is 4.79 Å². The highest BCUT2D eigenvalue weighted by Crippen LogP contribution is 2.32. The van der Waals surface area contributed by atoms with Crippen LogP contribution in [0.4, 0.5) is 27.6 Å². The molecule has 0 radical (unpaired) electrons. The highest BCUT2D eigenvalue weighted by molar-refractivity contribution is 6.08. The first kappa shape index (κ1) is 27.2. The van der Waals surface area contributed by atoms with Gasteiger partial charge in [0.2, 0.25) is 5.43 Å². The van der Waals surface area contributed by atoms with Crippen LogP contribution in [-0.2, 0) is 6.18 Å². The molecule has 0 aliphatic carbocycles. The molecule has 0 bridgehead atoms. The van der Waals surface area contributed by atoms with Crippen molar-refractivity contribution in [3.8, 4) is 22.6 Å². The van der Waals surface area contributed by atoms with Gasteiger partial charge in [0, 0.05) is 29.7 Å². The molecule has 13 heteroatoms. The van der Waals surface area contributed by atoms with Crippen LogP contribution in [0.5, 0.6) is 5.75 Å². The monoisotopic (exact) mass is 544 g/mol. The fourth-order valence-electron chi connectivity index (χ4n) is 3.62. The van der Waals surface area contributed by atoms with Crippen LogP contribution in [0.3, 0.4) is 0 Å². The SMILES string of the molecule is COc1cc(-c2cnn(C(F)F)c2)ccc1-n1ccc(=O)c(C(C=C(C)N)=Nc2cccc(C(F)(F)F)c2)n1. The summed E-state index contributed by atoms with van der Waals surface area (Å²) in [4.78, 5) is 17.0. The third kappa shape index (κ3) is 6.20. The number of ether oxygens (including phenoxy) is 1. The Bertz CT molecular complexity index is 1620. The Labute approximate surface area is 218 Å². The van der Waals surface area contributed by atoms with Gasteiger partial charge in [0.1, 0.15) is 11.4 Å². The molecule has 0 saturated heterocycles. The molecular weight excluding hydrogens is 523 g/mol. The normalized spacial score (nSPS) is 12.7. The van der Waals surface area contributed by atoms with Crippen molar-refractivity contribution in [2.24, 2.45) is 10.7 Å². The lowest BCUT2D eigenvalue weighted by atomic mass is 10.1. The first-order valence-electron chi connectivity index (χ1n) is 11.3. The number of hydrogen-bond acceptors (Lipinski definition) is 6. The number of benzene rings is 2. The van der Waals surface area contributed by atoms with E-state index in [-0.39, 0.29) is 22.8 Å². The van der Waals surface area contributed by atoms with E-state index in [0.29, 0.717) is 27.2 Å². The number of hydrogen-bond donors (Lipinski definition) is 1. The molecule has 0 atom stereocenters. The van der Waals surface area contributed by atoms with Gasteiger partial charge in [-0.05, 0) is 48.9 Å². The van der Waals surface area contributed by atoms with Gasteiger partial charge in [0.05, 0.1) is 30.3 Å². The maximum atomic E-state index is 13.2. The zero-order chi connectivity index (χ0) is 28.3. The minimum atomic E-state index is -4.58. The first-order chi connectivity index (χ1) is 18.5. The summed E-state index contributed by atoms with van der Waals surface area (Å²) >= 11 is 0. The van der Waals surface area contributed by atoms with Crippen molar-refractivity contribution in [2.75, 3.05) is 7.11 Å². The molecule has 8 nitrogen and oxygen atoms in total. The van der Waals surface area contributed by atoms with E-state index in [0.717, 1.165) is 12.1 Å². The van der Waals surface area contributed by atoms with Gasteiger partial charge in [0.25, 0.3) is 0 Å². The Morgan fingerprint density at radius 1 is 1.13 bits per heavy atom. The van der Waals surface area contributed by atoms with Gasteiger partial charge in [-0.25, -0.2) is 14.4 Å². The average molecular weight is 544 g/mol. The topological polar surface area (TPSA) is 100 Å². The molecule has 2 heterocycles. The van der Waals surface area contributed by atoms with Crippen molar-refractivity contribution in [1.29, 1.82) is 0 Å². The second-order valence-corrected chi connectivity index (χ2v) is 8.28. The summed E-state index contributed by atoms with van der Waals surface area (Å²) in [6.07, 6.45) is 0.597. The third-order valence-electron chi connectivity index (χ3n) is 5.40. The lowest BCUT2D eigenvalue weighted by Crippen LogP contribution is -2.21. The van der Waals surface area contributed by atoms with Crippen molar-refractivity contribution >= 4 is 11.4 Å². The van der Waals surface area contributed by atoms with Crippen LogP contribution < -0.4 is 15.9 Å². The zero-order valence-corrected chi connectivity index (χ0v) is 20.5. The van der Waals surface area contributed by atoms with Crippen molar-refractivity contribution < 1.29 is 26.7 Å². The number of nitrogens with two attached hydrogens (primary N) is 1. The number of halogens is 5. The molecule has 0 unspecified atom stereocenters. The molecule has 39 heavy (non-hydrogen) atoms. The van der Waals surface area contributed by atoms with E-state index in [2.05, 4.69) is 15.2 Å². The Kier molecular flexibility index (Phi) is 7.61. The molecule has 2 aromatic heterocycles. The highest BCUT2D eigenvalue weighted by Gasteiger charge is 2.30. The quantitative estimate of drug-likeness (QED) is 0.245. The summed E-state index contributed by atoms with van der Waals surface area (Å²) in [7, 11) is 1.40. The van der Waals surface area contributed by atoms with E-state index in [1.165, 1.54) is 61.6 Å². The average Bonchev–Trinajstić information content (AvgIpc) is 3.39. The van der Waals surface area contributed by atoms with Gasteiger partial charge >= 0.3 is 12.7 Å². The van der Waals surface area contributed by atoms with Crippen LogP contribution >= 0.6 is 0 Å². The summed E-state index contributed by atoms with van der Waals surface area (Å²) in [6, 6.07) is 10.3. The zero-order valence-electron chi connectivity index (χ0n) is 20.5. The third-order valence-corrected chi connectivity index (χ3v) is 5.40. The highest BCUT2D eigenvalue weighted by atomic mass is 19.4. The molecular formula is C26H21F5N6O2. The van der Waals surface area contributed by atoms with Gasteiger partial charge in [-0.1, -0.05) is 12.1 Å². The minimum absolute atomic E-state index is 0.0522. The number of aliphatic imine (C=N–C) groups is 1. The summed E-state index contributed by atoms with van der Waals surface area (Å²) in [5.41, 5.74) is 5.66. The molecule has 202 valence electrons. The maximum absolute atomic E-state index is 13.2. The molecule has 0 fully saturated rings. The van der Waals surface area contributed by atoms with E-state index in [9.17, 15) is 26.7 Å². The number of allylic oxidation sites excluding steroid dienone is 2. The second-order valence-electron chi connectivity index (χ2n) is 8.28. The van der Waals surface area contributed by atoms with Crippen molar-refractivity contribution in [3.63, 3.8) is 0 Å².